The van der Waals surface area contributed by atoms with Gasteiger partial charge in [0.05, 0.1) is 12.9 Å². The predicted octanol–water partition coefficient (Wildman–Crippen LogP) is -9.41. The Balaban J connectivity index is 0.00000169. The molecule has 0 aromatic carbocycles. The first-order valence-electron chi connectivity index (χ1n) is 6.54. The quantitative estimate of drug-likeness (QED) is 0.275. The predicted molar refractivity (Wildman–Crippen MR) is 70.9 cm³/mol. The minimum Gasteiger partial charge on any atom is -0.857 e. The third-order valence-electron chi connectivity index (χ3n) is 3.42. The molecule has 0 bridgehead atoms. The van der Waals surface area contributed by atoms with Crippen molar-refractivity contribution in [2.24, 2.45) is 0 Å². The minimum absolute atomic E-state index is 0. The molecule has 26 heavy (non-hydrogen) atoms. The van der Waals surface area contributed by atoms with Crippen molar-refractivity contribution in [2.45, 2.75) is 24.5 Å². The molecule has 16 heteroatoms. The second-order valence-electron chi connectivity index (χ2n) is 5.02. The largest absolute Gasteiger partial charge is 1.00 e. The average Bonchev–Trinajstić information content (AvgIpc) is 3.00. The van der Waals surface area contributed by atoms with E-state index in [0.29, 0.717) is 0 Å². The van der Waals surface area contributed by atoms with E-state index in [9.17, 15) is 24.8 Å². The number of anilines is 1. The standard InChI is InChI=1S/C10H14N5O8P.2Na/c11-10-13-7-4(8(18)14-10)12-2-15(7)9-6(17)5(16)3(23-9)1-22-24(19,20)21;;/h2-3,5-6,9,16-17H,1H2,(H2,19,20,21)(H3,11,13,14,18);;/q;2*+1/p-2/t3-,5-,6-,9-;;/m1../s1. The maximum absolute atomic E-state index is 11.7. The fourth-order valence-corrected chi connectivity index (χ4v) is 2.69. The summed E-state index contributed by atoms with van der Waals surface area (Å²) in [6.45, 7) is -0.720. The van der Waals surface area contributed by atoms with Crippen molar-refractivity contribution in [3.8, 4) is 5.88 Å². The Labute approximate surface area is 190 Å². The summed E-state index contributed by atoms with van der Waals surface area (Å²) in [4.78, 5) is 30.3. The van der Waals surface area contributed by atoms with Crippen molar-refractivity contribution < 1.29 is 98.0 Å². The van der Waals surface area contributed by atoms with E-state index >= 15 is 0 Å². The number of ether oxygens (including phenoxy) is 1. The summed E-state index contributed by atoms with van der Waals surface area (Å²) in [5, 5.41) is 31.7. The maximum Gasteiger partial charge on any atom is 1.00 e. The number of nitrogen functional groups attached to an aromatic ring is 1. The molecule has 2 aromatic rings. The van der Waals surface area contributed by atoms with Crippen LogP contribution in [0.25, 0.3) is 11.2 Å². The number of nitrogens with zero attached hydrogens (tertiary/aromatic N) is 4. The summed E-state index contributed by atoms with van der Waals surface area (Å²) in [6, 6.07) is 0. The van der Waals surface area contributed by atoms with Crippen LogP contribution < -0.4 is 74.8 Å². The number of nitrogens with two attached hydrogens (primary N) is 1. The third kappa shape index (κ3) is 4.94. The Morgan fingerprint density at radius 2 is 2.00 bits per heavy atom. The van der Waals surface area contributed by atoms with Gasteiger partial charge >= 0.3 is 59.1 Å². The van der Waals surface area contributed by atoms with Gasteiger partial charge in [-0.2, -0.15) is 4.98 Å². The molecule has 2 aromatic heterocycles. The Bertz CT molecular complexity index is 818. The van der Waals surface area contributed by atoms with E-state index in [4.69, 9.17) is 15.4 Å². The average molecular weight is 407 g/mol. The van der Waals surface area contributed by atoms with E-state index in [1.165, 1.54) is 0 Å². The molecule has 3 rings (SSSR count). The number of hydrogen-bond acceptors (Lipinski definition) is 11. The number of fused-ring (bicyclic) bond motifs is 1. The molecule has 3 heterocycles. The summed E-state index contributed by atoms with van der Waals surface area (Å²) in [5.74, 6) is -1.04. The van der Waals surface area contributed by atoms with Gasteiger partial charge < -0.3 is 40.1 Å². The van der Waals surface area contributed by atoms with Crippen LogP contribution in [-0.2, 0) is 13.8 Å². The van der Waals surface area contributed by atoms with Gasteiger partial charge in [0.1, 0.15) is 23.8 Å². The van der Waals surface area contributed by atoms with E-state index in [2.05, 4.69) is 19.5 Å². The van der Waals surface area contributed by atoms with Crippen molar-refractivity contribution in [1.82, 2.24) is 19.5 Å². The summed E-state index contributed by atoms with van der Waals surface area (Å²) < 4.78 is 21.3. The van der Waals surface area contributed by atoms with Crippen LogP contribution in [0.3, 0.4) is 0 Å². The van der Waals surface area contributed by atoms with Crippen molar-refractivity contribution in [2.75, 3.05) is 12.3 Å². The molecule has 0 aliphatic carbocycles. The van der Waals surface area contributed by atoms with Gasteiger partial charge in [0.25, 0.3) is 7.82 Å². The molecule has 1 aliphatic rings. The molecule has 0 amide bonds. The first kappa shape index (κ1) is 24.2. The first-order chi connectivity index (χ1) is 11.2. The van der Waals surface area contributed by atoms with E-state index in [0.717, 1.165) is 10.9 Å². The SMILES string of the molecule is Nc1nc([O-])c2ncn([C@@H]3O[C@H](COP(=O)([O-])O)[C@@H](O)[C@H]3O)c2n1.[Na+].[Na+]. The zero-order chi connectivity index (χ0) is 17.6. The number of hydrogen-bond donors (Lipinski definition) is 4. The van der Waals surface area contributed by atoms with Gasteiger partial charge in [0, 0.05) is 5.88 Å². The second-order valence-corrected chi connectivity index (χ2v) is 6.22. The van der Waals surface area contributed by atoms with Gasteiger partial charge in [-0.05, 0) is 0 Å². The van der Waals surface area contributed by atoms with Crippen LogP contribution in [0.15, 0.2) is 6.33 Å². The summed E-state index contributed by atoms with van der Waals surface area (Å²) in [5.41, 5.74) is 5.26. The van der Waals surface area contributed by atoms with Crippen LogP contribution in [0.2, 0.25) is 0 Å². The van der Waals surface area contributed by atoms with Crippen molar-refractivity contribution in [3.63, 3.8) is 0 Å². The number of aliphatic hydroxyl groups excluding tert-OH is 2. The van der Waals surface area contributed by atoms with E-state index in [1.807, 2.05) is 0 Å². The van der Waals surface area contributed by atoms with Crippen molar-refractivity contribution in [1.29, 1.82) is 0 Å². The van der Waals surface area contributed by atoms with Crippen molar-refractivity contribution in [3.05, 3.63) is 6.33 Å². The van der Waals surface area contributed by atoms with Gasteiger partial charge in [-0.25, -0.2) is 9.97 Å². The van der Waals surface area contributed by atoms with Crippen LogP contribution >= 0.6 is 7.82 Å². The Morgan fingerprint density at radius 1 is 1.35 bits per heavy atom. The molecule has 0 spiro atoms. The fraction of sp³-hybridized carbons (Fsp3) is 0.500. The Morgan fingerprint density at radius 3 is 2.62 bits per heavy atom. The van der Waals surface area contributed by atoms with Gasteiger partial charge in [0.15, 0.2) is 11.9 Å². The number of phosphoric ester groups is 1. The molecule has 5 N–H and O–H groups in total. The smallest absolute Gasteiger partial charge is 0.857 e. The molecule has 132 valence electrons. The fourth-order valence-electron chi connectivity index (χ4n) is 2.36. The zero-order valence-corrected chi connectivity index (χ0v) is 18.7. The number of imidazole rings is 1. The topological polar surface area (TPSA) is 212 Å². The number of aliphatic hydroxyl groups is 2. The van der Waals surface area contributed by atoms with Crippen LogP contribution in [0, 0.1) is 0 Å². The van der Waals surface area contributed by atoms with Gasteiger partial charge in [-0.15, -0.1) is 0 Å². The van der Waals surface area contributed by atoms with Gasteiger partial charge in [0.2, 0.25) is 5.95 Å². The molecule has 0 radical (unpaired) electrons. The Hall–Kier alpha value is 0.140. The third-order valence-corrected chi connectivity index (χ3v) is 3.90. The number of phosphoric acid groups is 1. The molecular formula is C10H12N5Na2O8P. The Kier molecular flexibility index (Phi) is 8.46. The molecule has 1 aliphatic heterocycles. The monoisotopic (exact) mass is 407 g/mol. The summed E-state index contributed by atoms with van der Waals surface area (Å²) in [7, 11) is -5.02. The molecule has 1 fully saturated rings. The van der Waals surface area contributed by atoms with Crippen LogP contribution in [0.4, 0.5) is 5.95 Å². The van der Waals surface area contributed by atoms with Crippen LogP contribution in [0.5, 0.6) is 5.88 Å². The molecule has 5 atom stereocenters. The van der Waals surface area contributed by atoms with Crippen LogP contribution in [-0.4, -0.2) is 59.5 Å². The van der Waals surface area contributed by atoms with Crippen molar-refractivity contribution >= 4 is 24.9 Å². The minimum atomic E-state index is -5.02. The second kappa shape index (κ2) is 9.09. The normalized spacial score (nSPS) is 27.5. The number of rotatable bonds is 4. The molecular weight excluding hydrogens is 395 g/mol. The number of aromatic nitrogens is 4. The van der Waals surface area contributed by atoms with Gasteiger partial charge in [-0.1, -0.05) is 0 Å². The molecule has 1 unspecified atom stereocenters. The van der Waals surface area contributed by atoms with E-state index < -0.39 is 44.8 Å². The van der Waals surface area contributed by atoms with E-state index in [-0.39, 0.29) is 76.2 Å². The first-order valence-corrected chi connectivity index (χ1v) is 8.04. The molecule has 13 nitrogen and oxygen atoms in total. The van der Waals surface area contributed by atoms with Crippen LogP contribution in [0.1, 0.15) is 6.23 Å². The maximum atomic E-state index is 11.7. The molecule has 0 saturated carbocycles. The zero-order valence-electron chi connectivity index (χ0n) is 13.8. The van der Waals surface area contributed by atoms with Gasteiger partial charge in [-0.3, -0.25) is 9.13 Å². The molecule has 1 saturated heterocycles. The summed E-state index contributed by atoms with van der Waals surface area (Å²) >= 11 is 0. The van der Waals surface area contributed by atoms with E-state index in [1.54, 1.807) is 0 Å². The summed E-state index contributed by atoms with van der Waals surface area (Å²) in [6.07, 6.45) is -4.40.